The highest BCUT2D eigenvalue weighted by Gasteiger charge is 2.11. The molecule has 2 rings (SSSR count). The number of anilines is 1. The molecule has 0 bridgehead atoms. The van der Waals surface area contributed by atoms with Gasteiger partial charge in [0.15, 0.2) is 5.82 Å². The lowest BCUT2D eigenvalue weighted by Gasteiger charge is -2.06. The smallest absolute Gasteiger partial charge is 0.223 e. The van der Waals surface area contributed by atoms with Gasteiger partial charge >= 0.3 is 0 Å². The van der Waals surface area contributed by atoms with Crippen LogP contribution in [0.2, 0.25) is 5.15 Å². The van der Waals surface area contributed by atoms with Gasteiger partial charge in [-0.25, -0.2) is 9.97 Å². The number of ether oxygens (including phenoxy) is 1. The number of nitrogens with zero attached hydrogens (tertiary/aromatic N) is 4. The summed E-state index contributed by atoms with van der Waals surface area (Å²) in [5.41, 5.74) is 6.12. The van der Waals surface area contributed by atoms with Crippen LogP contribution in [0.1, 0.15) is 5.82 Å². The van der Waals surface area contributed by atoms with E-state index in [-0.39, 0.29) is 11.1 Å². The average molecular weight is 252 g/mol. The molecule has 2 N–H and O–H groups in total. The molecule has 0 aromatic carbocycles. The molecule has 17 heavy (non-hydrogen) atoms. The second-order valence-electron chi connectivity index (χ2n) is 3.28. The first-order valence-corrected chi connectivity index (χ1v) is 5.16. The molecule has 0 aliphatic carbocycles. The third-order valence-electron chi connectivity index (χ3n) is 2.06. The van der Waals surface area contributed by atoms with Crippen LogP contribution in [-0.2, 0) is 0 Å². The van der Waals surface area contributed by atoms with Crippen LogP contribution in [0.4, 0.5) is 5.95 Å². The molecule has 6 nitrogen and oxygen atoms in total. The van der Waals surface area contributed by atoms with E-state index < -0.39 is 0 Å². The molecule has 88 valence electrons. The topological polar surface area (TPSA) is 86.8 Å². The number of hydrogen-bond acceptors (Lipinski definition) is 6. The largest absolute Gasteiger partial charge is 0.495 e. The van der Waals surface area contributed by atoms with E-state index >= 15 is 0 Å². The Hall–Kier alpha value is -1.95. The maximum Gasteiger partial charge on any atom is 0.223 e. The monoisotopic (exact) mass is 251 g/mol. The van der Waals surface area contributed by atoms with E-state index in [0.29, 0.717) is 23.0 Å². The van der Waals surface area contributed by atoms with Crippen molar-refractivity contribution in [2.45, 2.75) is 6.92 Å². The number of aromatic nitrogens is 4. The molecule has 0 saturated carbocycles. The molecule has 0 spiro atoms. The number of halogens is 1. The van der Waals surface area contributed by atoms with Crippen LogP contribution in [-0.4, -0.2) is 27.0 Å². The minimum atomic E-state index is 0.145. The van der Waals surface area contributed by atoms with Crippen molar-refractivity contribution in [3.8, 4) is 17.1 Å². The second kappa shape index (κ2) is 4.50. The molecule has 0 fully saturated rings. The van der Waals surface area contributed by atoms with Crippen LogP contribution >= 0.6 is 11.6 Å². The lowest BCUT2D eigenvalue weighted by Crippen LogP contribution is -2.02. The van der Waals surface area contributed by atoms with Crippen molar-refractivity contribution in [1.82, 2.24) is 19.9 Å². The van der Waals surface area contributed by atoms with Crippen molar-refractivity contribution in [2.24, 2.45) is 0 Å². The van der Waals surface area contributed by atoms with Crippen LogP contribution in [0.3, 0.4) is 0 Å². The summed E-state index contributed by atoms with van der Waals surface area (Å²) in [4.78, 5) is 16.1. The number of aryl methyl sites for hydroxylation is 1. The zero-order valence-corrected chi connectivity index (χ0v) is 10.1. The highest BCUT2D eigenvalue weighted by molar-refractivity contribution is 6.32. The Morgan fingerprint density at radius 1 is 1.29 bits per heavy atom. The van der Waals surface area contributed by atoms with Gasteiger partial charge in [-0.2, -0.15) is 9.97 Å². The summed E-state index contributed by atoms with van der Waals surface area (Å²) in [7, 11) is 1.54. The van der Waals surface area contributed by atoms with E-state index in [4.69, 9.17) is 22.1 Å². The SMILES string of the molecule is COc1cnc(Cl)c(-c2nc(C)nc(N)n2)c1. The number of rotatable bonds is 2. The molecule has 0 atom stereocenters. The van der Waals surface area contributed by atoms with Gasteiger partial charge in [0, 0.05) is 0 Å². The Morgan fingerprint density at radius 3 is 2.71 bits per heavy atom. The molecule has 2 heterocycles. The Labute approximate surface area is 103 Å². The van der Waals surface area contributed by atoms with Gasteiger partial charge in [0.05, 0.1) is 18.9 Å². The number of pyridine rings is 1. The standard InChI is InChI=1S/C10H10ClN5O/c1-5-14-9(16-10(12)15-5)7-3-6(17-2)4-13-8(7)11/h3-4H,1-2H3,(H2,12,14,15,16). The minimum absolute atomic E-state index is 0.145. The van der Waals surface area contributed by atoms with E-state index in [1.807, 2.05) is 0 Å². The van der Waals surface area contributed by atoms with Gasteiger partial charge in [0.25, 0.3) is 0 Å². The predicted octanol–water partition coefficient (Wildman–Crippen LogP) is 1.49. The molecule has 2 aromatic rings. The van der Waals surface area contributed by atoms with Crippen molar-refractivity contribution in [2.75, 3.05) is 12.8 Å². The number of hydrogen-bond donors (Lipinski definition) is 1. The van der Waals surface area contributed by atoms with E-state index in [2.05, 4.69) is 19.9 Å². The van der Waals surface area contributed by atoms with Gasteiger partial charge in [-0.15, -0.1) is 0 Å². The summed E-state index contributed by atoms with van der Waals surface area (Å²) in [5.74, 6) is 1.62. The summed E-state index contributed by atoms with van der Waals surface area (Å²) in [5, 5.41) is 0.288. The Balaban J connectivity index is 2.58. The van der Waals surface area contributed by atoms with E-state index in [1.165, 1.54) is 6.20 Å². The van der Waals surface area contributed by atoms with Crippen LogP contribution < -0.4 is 10.5 Å². The molecule has 2 aromatic heterocycles. The van der Waals surface area contributed by atoms with Crippen LogP contribution in [0.25, 0.3) is 11.4 Å². The second-order valence-corrected chi connectivity index (χ2v) is 3.64. The van der Waals surface area contributed by atoms with Gasteiger partial charge in [-0.05, 0) is 13.0 Å². The lowest BCUT2D eigenvalue weighted by molar-refractivity contribution is 0.413. The van der Waals surface area contributed by atoms with Crippen LogP contribution in [0.5, 0.6) is 5.75 Å². The molecule has 0 aliphatic rings. The third kappa shape index (κ3) is 2.42. The van der Waals surface area contributed by atoms with Gasteiger partial charge in [-0.3, -0.25) is 0 Å². The Kier molecular flexibility index (Phi) is 3.06. The molecule has 7 heteroatoms. The van der Waals surface area contributed by atoms with Gasteiger partial charge in [0.1, 0.15) is 16.7 Å². The van der Waals surface area contributed by atoms with Gasteiger partial charge in [-0.1, -0.05) is 11.6 Å². The molecular weight excluding hydrogens is 242 g/mol. The Morgan fingerprint density at radius 2 is 2.06 bits per heavy atom. The predicted molar refractivity (Wildman–Crippen MR) is 63.8 cm³/mol. The Bertz CT molecular complexity index is 540. The van der Waals surface area contributed by atoms with Crippen molar-refractivity contribution < 1.29 is 4.74 Å². The highest BCUT2D eigenvalue weighted by atomic mass is 35.5. The minimum Gasteiger partial charge on any atom is -0.495 e. The number of methoxy groups -OCH3 is 1. The molecule has 0 amide bonds. The van der Waals surface area contributed by atoms with Crippen LogP contribution in [0, 0.1) is 6.92 Å². The van der Waals surface area contributed by atoms with E-state index in [9.17, 15) is 0 Å². The van der Waals surface area contributed by atoms with Gasteiger partial charge in [0.2, 0.25) is 5.95 Å². The lowest BCUT2D eigenvalue weighted by atomic mass is 10.2. The molecule has 0 aliphatic heterocycles. The van der Waals surface area contributed by atoms with Crippen molar-refractivity contribution >= 4 is 17.5 Å². The quantitative estimate of drug-likeness (QED) is 0.814. The molecule has 0 unspecified atom stereocenters. The zero-order valence-electron chi connectivity index (χ0n) is 9.31. The van der Waals surface area contributed by atoms with Crippen molar-refractivity contribution in [3.05, 3.63) is 23.2 Å². The maximum absolute atomic E-state index is 5.98. The van der Waals surface area contributed by atoms with Crippen molar-refractivity contribution in [3.63, 3.8) is 0 Å². The molecular formula is C10H10ClN5O. The zero-order chi connectivity index (χ0) is 12.4. The summed E-state index contributed by atoms with van der Waals surface area (Å²) in [6, 6.07) is 1.70. The molecule has 0 saturated heterocycles. The summed E-state index contributed by atoms with van der Waals surface area (Å²) in [6.45, 7) is 1.73. The third-order valence-corrected chi connectivity index (χ3v) is 2.36. The summed E-state index contributed by atoms with van der Waals surface area (Å²) < 4.78 is 5.07. The maximum atomic E-state index is 5.98. The molecule has 0 radical (unpaired) electrons. The van der Waals surface area contributed by atoms with Crippen molar-refractivity contribution in [1.29, 1.82) is 0 Å². The fourth-order valence-corrected chi connectivity index (χ4v) is 1.51. The first kappa shape index (κ1) is 11.5. The summed E-state index contributed by atoms with van der Waals surface area (Å²) in [6.07, 6.45) is 1.52. The first-order valence-electron chi connectivity index (χ1n) is 4.78. The average Bonchev–Trinajstić information content (AvgIpc) is 2.28. The van der Waals surface area contributed by atoms with Gasteiger partial charge < -0.3 is 10.5 Å². The van der Waals surface area contributed by atoms with E-state index in [0.717, 1.165) is 0 Å². The normalized spacial score (nSPS) is 10.3. The fraction of sp³-hybridized carbons (Fsp3) is 0.200. The first-order chi connectivity index (χ1) is 8.10. The fourth-order valence-electron chi connectivity index (χ4n) is 1.32. The number of nitrogen functional groups attached to an aromatic ring is 1. The summed E-state index contributed by atoms with van der Waals surface area (Å²) >= 11 is 5.98. The van der Waals surface area contributed by atoms with Crippen LogP contribution in [0.15, 0.2) is 12.3 Å². The number of nitrogens with two attached hydrogens (primary N) is 1. The highest BCUT2D eigenvalue weighted by Crippen LogP contribution is 2.27. The van der Waals surface area contributed by atoms with E-state index in [1.54, 1.807) is 20.1 Å².